The third-order valence-electron chi connectivity index (χ3n) is 5.20. The van der Waals surface area contributed by atoms with Crippen LogP contribution >= 0.6 is 0 Å². The second-order valence-corrected chi connectivity index (χ2v) is 7.47. The maximum atomic E-state index is 12.3. The summed E-state index contributed by atoms with van der Waals surface area (Å²) < 4.78 is 6.97. The monoisotopic (exact) mass is 433 g/mol. The smallest absolute Gasteiger partial charge is 0.262 e. The predicted molar refractivity (Wildman–Crippen MR) is 111 cm³/mol. The molecule has 0 saturated carbocycles. The number of hydrogen-bond donors (Lipinski definition) is 2. The highest BCUT2D eigenvalue weighted by atomic mass is 16.5. The molecule has 1 aliphatic rings. The van der Waals surface area contributed by atoms with Gasteiger partial charge in [0.2, 0.25) is 11.5 Å². The molecule has 0 bridgehead atoms. The first kappa shape index (κ1) is 19.8. The van der Waals surface area contributed by atoms with E-state index >= 15 is 0 Å². The van der Waals surface area contributed by atoms with E-state index in [1.165, 1.54) is 17.2 Å². The van der Waals surface area contributed by atoms with Crippen molar-refractivity contribution in [3.05, 3.63) is 48.7 Å². The van der Waals surface area contributed by atoms with Gasteiger partial charge in [0.1, 0.15) is 17.1 Å². The van der Waals surface area contributed by atoms with Crippen LogP contribution in [0.4, 0.5) is 11.8 Å². The molecule has 0 radical (unpaired) electrons. The molecular weight excluding hydrogens is 414 g/mol. The van der Waals surface area contributed by atoms with Crippen molar-refractivity contribution in [2.24, 2.45) is 7.05 Å². The van der Waals surface area contributed by atoms with E-state index in [1.54, 1.807) is 42.5 Å². The number of carbonyl (C=O) groups is 1. The highest BCUT2D eigenvalue weighted by molar-refractivity contribution is 5.87. The molecule has 162 valence electrons. The van der Waals surface area contributed by atoms with Crippen molar-refractivity contribution >= 4 is 17.7 Å². The number of rotatable bonds is 5. The van der Waals surface area contributed by atoms with Crippen LogP contribution in [0.2, 0.25) is 0 Å². The molecule has 12 heteroatoms. The molecule has 2 N–H and O–H groups in total. The molecular formula is C20H19N9O3. The van der Waals surface area contributed by atoms with E-state index in [9.17, 15) is 9.90 Å². The standard InChI is InChI=1S/C20H19N9O3/c1-28-8-5-20(31,18(28)30)16-9-13(27-32-16)15-11-21-10-14(23-15)12-3-6-22-19(24-12)25-17-4-7-29(2)26-17/h3-4,6-7,9-11,31H,5,8H2,1-2H3,(H,22,24,25,26)/t20-/m1/s1. The zero-order valence-corrected chi connectivity index (χ0v) is 17.3. The molecule has 5 heterocycles. The topological polar surface area (TPSA) is 148 Å². The zero-order chi connectivity index (χ0) is 22.3. The van der Waals surface area contributed by atoms with Crippen LogP contribution in [0, 0.1) is 0 Å². The Bertz CT molecular complexity index is 1300. The van der Waals surface area contributed by atoms with Crippen molar-refractivity contribution < 1.29 is 14.4 Å². The third kappa shape index (κ3) is 3.46. The van der Waals surface area contributed by atoms with Gasteiger partial charge in [0, 0.05) is 51.6 Å². The highest BCUT2D eigenvalue weighted by Gasteiger charge is 2.48. The number of aliphatic hydroxyl groups is 1. The average Bonchev–Trinajstić information content (AvgIpc) is 3.52. The van der Waals surface area contributed by atoms with Crippen LogP contribution in [0.25, 0.3) is 22.8 Å². The van der Waals surface area contributed by atoms with Gasteiger partial charge in [0.15, 0.2) is 11.6 Å². The zero-order valence-electron chi connectivity index (χ0n) is 17.3. The van der Waals surface area contributed by atoms with E-state index in [1.807, 2.05) is 7.05 Å². The van der Waals surface area contributed by atoms with Gasteiger partial charge in [-0.1, -0.05) is 5.16 Å². The molecule has 4 aromatic rings. The van der Waals surface area contributed by atoms with E-state index in [0.717, 1.165) is 0 Å². The van der Waals surface area contributed by atoms with E-state index in [2.05, 4.69) is 35.5 Å². The van der Waals surface area contributed by atoms with Gasteiger partial charge in [-0.2, -0.15) is 5.10 Å². The Morgan fingerprint density at radius 2 is 1.94 bits per heavy atom. The Morgan fingerprint density at radius 3 is 2.66 bits per heavy atom. The minimum Gasteiger partial charge on any atom is -0.373 e. The molecule has 12 nitrogen and oxygen atoms in total. The minimum atomic E-state index is -1.72. The van der Waals surface area contributed by atoms with Crippen LogP contribution in [0.5, 0.6) is 0 Å². The fourth-order valence-corrected chi connectivity index (χ4v) is 3.44. The molecule has 0 aliphatic carbocycles. The summed E-state index contributed by atoms with van der Waals surface area (Å²) in [6.45, 7) is 0.434. The van der Waals surface area contributed by atoms with Gasteiger partial charge >= 0.3 is 0 Å². The number of likely N-dealkylation sites (N-methyl/N-ethyl adjacent to an activating group) is 1. The molecule has 1 atom stereocenters. The number of nitrogens with zero attached hydrogens (tertiary/aromatic N) is 8. The summed E-state index contributed by atoms with van der Waals surface area (Å²) in [5.74, 6) is 0.639. The summed E-state index contributed by atoms with van der Waals surface area (Å²) in [7, 11) is 3.45. The summed E-state index contributed by atoms with van der Waals surface area (Å²) in [5, 5.41) is 22.0. The van der Waals surface area contributed by atoms with Gasteiger partial charge in [-0.3, -0.25) is 14.5 Å². The van der Waals surface area contributed by atoms with Crippen molar-refractivity contribution in [1.29, 1.82) is 0 Å². The molecule has 4 aromatic heterocycles. The van der Waals surface area contributed by atoms with E-state index in [-0.39, 0.29) is 12.2 Å². The van der Waals surface area contributed by atoms with Crippen molar-refractivity contribution in [2.45, 2.75) is 12.0 Å². The Hall–Kier alpha value is -4.19. The summed E-state index contributed by atoms with van der Waals surface area (Å²) >= 11 is 0. The number of aromatic nitrogens is 7. The summed E-state index contributed by atoms with van der Waals surface area (Å²) in [4.78, 5) is 31.2. The van der Waals surface area contributed by atoms with Crippen LogP contribution in [-0.2, 0) is 17.4 Å². The van der Waals surface area contributed by atoms with E-state index in [0.29, 0.717) is 41.1 Å². The highest BCUT2D eigenvalue weighted by Crippen LogP contribution is 2.34. The Morgan fingerprint density at radius 1 is 1.12 bits per heavy atom. The fourth-order valence-electron chi connectivity index (χ4n) is 3.44. The third-order valence-corrected chi connectivity index (χ3v) is 5.20. The van der Waals surface area contributed by atoms with Gasteiger partial charge in [-0.05, 0) is 6.07 Å². The van der Waals surface area contributed by atoms with Crippen LogP contribution in [0.15, 0.2) is 47.5 Å². The molecule has 1 aliphatic heterocycles. The van der Waals surface area contributed by atoms with Crippen molar-refractivity contribution in [2.75, 3.05) is 18.9 Å². The quantitative estimate of drug-likeness (QED) is 0.469. The van der Waals surface area contributed by atoms with E-state index in [4.69, 9.17) is 4.52 Å². The number of nitrogens with one attached hydrogen (secondary N) is 1. The fraction of sp³-hybridized carbons (Fsp3) is 0.250. The molecule has 5 rings (SSSR count). The van der Waals surface area contributed by atoms with Crippen molar-refractivity contribution in [3.8, 4) is 22.8 Å². The maximum absolute atomic E-state index is 12.3. The molecule has 0 spiro atoms. The Kier molecular flexibility index (Phi) is 4.63. The summed E-state index contributed by atoms with van der Waals surface area (Å²) in [6, 6.07) is 5.03. The first-order valence-corrected chi connectivity index (χ1v) is 9.80. The lowest BCUT2D eigenvalue weighted by atomic mass is 9.99. The number of carbonyl (C=O) groups excluding carboxylic acids is 1. The van der Waals surface area contributed by atoms with Crippen LogP contribution in [-0.4, -0.2) is 64.4 Å². The van der Waals surface area contributed by atoms with Crippen LogP contribution in [0.1, 0.15) is 12.2 Å². The molecule has 0 aromatic carbocycles. The predicted octanol–water partition coefficient (Wildman–Crippen LogP) is 1.12. The average molecular weight is 433 g/mol. The molecule has 32 heavy (non-hydrogen) atoms. The SMILES string of the molecule is CN1CC[C@@](O)(c2cc(-c3cncc(-c4ccnc(Nc5ccn(C)n5)n4)n3)no2)C1=O. The number of anilines is 2. The lowest BCUT2D eigenvalue weighted by molar-refractivity contribution is -0.144. The number of likely N-dealkylation sites (tertiary alicyclic amines) is 1. The lowest BCUT2D eigenvalue weighted by Crippen LogP contribution is -2.35. The van der Waals surface area contributed by atoms with Crippen molar-refractivity contribution in [3.63, 3.8) is 0 Å². The molecule has 1 fully saturated rings. The first-order chi connectivity index (χ1) is 15.4. The van der Waals surface area contributed by atoms with Gasteiger partial charge in [-0.15, -0.1) is 0 Å². The summed E-state index contributed by atoms with van der Waals surface area (Å²) in [5.41, 5.74) is 0.0874. The van der Waals surface area contributed by atoms with Crippen molar-refractivity contribution in [1.82, 2.24) is 39.8 Å². The number of aryl methyl sites for hydroxylation is 1. The molecule has 1 amide bonds. The van der Waals surface area contributed by atoms with Gasteiger partial charge in [0.25, 0.3) is 5.91 Å². The second-order valence-electron chi connectivity index (χ2n) is 7.47. The lowest BCUT2D eigenvalue weighted by Gasteiger charge is -2.16. The Labute approximate surface area is 182 Å². The van der Waals surface area contributed by atoms with Crippen LogP contribution < -0.4 is 5.32 Å². The summed E-state index contributed by atoms with van der Waals surface area (Å²) in [6.07, 6.45) is 6.73. The van der Waals surface area contributed by atoms with Gasteiger partial charge < -0.3 is 19.8 Å². The second kappa shape index (κ2) is 7.50. The normalized spacial score (nSPS) is 18.3. The first-order valence-electron chi connectivity index (χ1n) is 9.80. The Balaban J connectivity index is 1.42. The van der Waals surface area contributed by atoms with E-state index < -0.39 is 11.5 Å². The van der Waals surface area contributed by atoms with Gasteiger partial charge in [-0.25, -0.2) is 15.0 Å². The molecule has 1 saturated heterocycles. The largest absolute Gasteiger partial charge is 0.373 e. The number of hydrogen-bond acceptors (Lipinski definition) is 10. The minimum absolute atomic E-state index is 0.0814. The number of amides is 1. The van der Waals surface area contributed by atoms with Crippen LogP contribution in [0.3, 0.4) is 0 Å². The maximum Gasteiger partial charge on any atom is 0.262 e. The molecule has 0 unspecified atom stereocenters. The van der Waals surface area contributed by atoms with Gasteiger partial charge in [0.05, 0.1) is 18.1 Å².